The van der Waals surface area contributed by atoms with Gasteiger partial charge in [-0.2, -0.15) is 4.37 Å². The number of carboxylic acid groups (broad SMARTS) is 1. The Hall–Kier alpha value is -1.78. The van der Waals surface area contributed by atoms with E-state index in [2.05, 4.69) is 9.36 Å². The van der Waals surface area contributed by atoms with Gasteiger partial charge in [-0.05, 0) is 29.6 Å². The summed E-state index contributed by atoms with van der Waals surface area (Å²) in [6.07, 6.45) is 1.91. The van der Waals surface area contributed by atoms with Gasteiger partial charge in [0.2, 0.25) is 0 Å². The van der Waals surface area contributed by atoms with Gasteiger partial charge in [0, 0.05) is 0 Å². The number of rotatable bonds is 4. The molecule has 2 heterocycles. The number of nitrogens with zero attached hydrogens (tertiary/aromatic N) is 2. The van der Waals surface area contributed by atoms with E-state index in [0.29, 0.717) is 12.0 Å². The topological polar surface area (TPSA) is 102 Å². The lowest BCUT2D eigenvalue weighted by atomic mass is 9.77. The maximum atomic E-state index is 11.4. The number of carbonyl (C=O) groups is 1. The van der Waals surface area contributed by atoms with Crippen LogP contribution in [0, 0.1) is 0 Å². The molecule has 1 aliphatic rings. The number of ether oxygens (including phenoxy) is 1. The van der Waals surface area contributed by atoms with E-state index in [1.165, 1.54) is 36.7 Å². The van der Waals surface area contributed by atoms with Crippen LogP contribution in [0.15, 0.2) is 22.8 Å². The van der Waals surface area contributed by atoms with E-state index in [9.17, 15) is 14.9 Å². The van der Waals surface area contributed by atoms with Crippen molar-refractivity contribution in [3.8, 4) is 11.5 Å². The van der Waals surface area contributed by atoms with Crippen molar-refractivity contribution < 1.29 is 24.3 Å². The Balaban J connectivity index is 1.93. The van der Waals surface area contributed by atoms with Crippen molar-refractivity contribution in [1.82, 2.24) is 9.36 Å². The van der Waals surface area contributed by atoms with E-state index in [4.69, 9.17) is 9.39 Å². The molecule has 0 bridgehead atoms. The molecule has 1 aromatic carbocycles. The molecule has 0 fully saturated rings. The van der Waals surface area contributed by atoms with Crippen LogP contribution in [0.2, 0.25) is 0 Å². The predicted molar refractivity (Wildman–Crippen MR) is 81.8 cm³/mol. The fourth-order valence-electron chi connectivity index (χ4n) is 2.23. The third kappa shape index (κ3) is 2.76. The number of aromatic carboxylic acids is 1. The van der Waals surface area contributed by atoms with Crippen molar-refractivity contribution in [3.05, 3.63) is 29.6 Å². The first-order chi connectivity index (χ1) is 10.6. The van der Waals surface area contributed by atoms with Crippen molar-refractivity contribution in [2.45, 2.75) is 15.9 Å². The molecule has 0 unspecified atom stereocenters. The molecule has 0 saturated heterocycles. The third-order valence-corrected chi connectivity index (χ3v) is 5.19. The lowest BCUT2D eigenvalue weighted by molar-refractivity contribution is 0.0690. The van der Waals surface area contributed by atoms with E-state index in [1.807, 2.05) is 0 Å². The van der Waals surface area contributed by atoms with Crippen molar-refractivity contribution in [1.29, 1.82) is 0 Å². The summed E-state index contributed by atoms with van der Waals surface area (Å²) in [5, 5.41) is 19.2. The number of thioether (sulfide) groups is 1. The zero-order chi connectivity index (χ0) is 15.7. The van der Waals surface area contributed by atoms with E-state index in [0.717, 1.165) is 4.34 Å². The molecule has 0 radical (unpaired) electrons. The zero-order valence-electron chi connectivity index (χ0n) is 11.4. The number of methoxy groups -OCH3 is 1. The minimum atomic E-state index is -1.16. The quantitative estimate of drug-likeness (QED) is 0.806. The fraction of sp³-hybridized carbons (Fsp3) is 0.250. The van der Waals surface area contributed by atoms with Crippen LogP contribution in [-0.4, -0.2) is 44.8 Å². The fourth-order valence-corrected chi connectivity index (χ4v) is 3.99. The van der Waals surface area contributed by atoms with Crippen LogP contribution in [-0.2, 0) is 6.42 Å². The molecule has 0 amide bonds. The van der Waals surface area contributed by atoms with Gasteiger partial charge in [0.25, 0.3) is 0 Å². The first kappa shape index (κ1) is 15.1. The molecule has 3 rings (SSSR count). The van der Waals surface area contributed by atoms with Gasteiger partial charge in [-0.15, -0.1) is 0 Å². The summed E-state index contributed by atoms with van der Waals surface area (Å²) >= 11 is 2.59. The van der Waals surface area contributed by atoms with Gasteiger partial charge in [-0.3, -0.25) is 0 Å². The van der Waals surface area contributed by atoms with Crippen molar-refractivity contribution in [2.75, 3.05) is 7.11 Å². The second kappa shape index (κ2) is 6.15. The molecular formula is C12H11BN2O5S2. The number of benzene rings is 1. The van der Waals surface area contributed by atoms with Crippen LogP contribution in [0.1, 0.15) is 15.9 Å². The van der Waals surface area contributed by atoms with Gasteiger partial charge in [0.1, 0.15) is 23.4 Å². The SMILES string of the molecule is COc1ccc2c(c1C(=O)O)OB(O)[C@@H](Sc1ncns1)C2. The van der Waals surface area contributed by atoms with E-state index < -0.39 is 13.1 Å². The molecule has 1 aliphatic heterocycles. The Morgan fingerprint density at radius 3 is 3.05 bits per heavy atom. The number of hydrogen-bond acceptors (Lipinski definition) is 8. The average molecular weight is 338 g/mol. The van der Waals surface area contributed by atoms with Gasteiger partial charge >= 0.3 is 13.1 Å². The Morgan fingerprint density at radius 2 is 2.41 bits per heavy atom. The second-order valence-electron chi connectivity index (χ2n) is 4.51. The highest BCUT2D eigenvalue weighted by Gasteiger charge is 2.39. The Kier molecular flexibility index (Phi) is 4.23. The summed E-state index contributed by atoms with van der Waals surface area (Å²) < 4.78 is 15.1. The van der Waals surface area contributed by atoms with Crippen LogP contribution >= 0.6 is 23.3 Å². The monoisotopic (exact) mass is 338 g/mol. The van der Waals surface area contributed by atoms with Gasteiger partial charge in [0.15, 0.2) is 4.34 Å². The van der Waals surface area contributed by atoms with Gasteiger partial charge in [-0.1, -0.05) is 17.8 Å². The van der Waals surface area contributed by atoms with Crippen molar-refractivity contribution in [3.63, 3.8) is 0 Å². The maximum Gasteiger partial charge on any atom is 0.537 e. The van der Waals surface area contributed by atoms with Gasteiger partial charge in [-0.25, -0.2) is 9.78 Å². The molecular weight excluding hydrogens is 327 g/mol. The second-order valence-corrected chi connectivity index (χ2v) is 6.78. The van der Waals surface area contributed by atoms with Gasteiger partial charge in [0.05, 0.1) is 12.3 Å². The normalized spacial score (nSPS) is 16.8. The Morgan fingerprint density at radius 1 is 1.59 bits per heavy atom. The molecule has 1 atom stereocenters. The van der Waals surface area contributed by atoms with Crippen LogP contribution < -0.4 is 9.39 Å². The summed E-state index contributed by atoms with van der Waals surface area (Å²) in [6, 6.07) is 3.34. The summed E-state index contributed by atoms with van der Waals surface area (Å²) in [5.41, 5.74) is 0.643. The standard InChI is InChI=1S/C12H11BN2O5S2/c1-19-7-3-2-6-4-8(21-12-14-5-15-22-12)13(18)20-10(6)9(7)11(16)17/h2-3,5,8,18H,4H2,1H3,(H,16,17)/t8-/m0/s1. The predicted octanol–water partition coefficient (Wildman–Crippen LogP) is 1.36. The van der Waals surface area contributed by atoms with Crippen LogP contribution in [0.3, 0.4) is 0 Å². The highest BCUT2D eigenvalue weighted by Crippen LogP contribution is 2.39. The highest BCUT2D eigenvalue weighted by molar-refractivity contribution is 8.02. The maximum absolute atomic E-state index is 11.4. The first-order valence-electron chi connectivity index (χ1n) is 6.31. The van der Waals surface area contributed by atoms with Crippen LogP contribution in [0.5, 0.6) is 11.5 Å². The number of carboxylic acids is 1. The molecule has 114 valence electrons. The molecule has 0 aliphatic carbocycles. The molecule has 0 saturated carbocycles. The third-order valence-electron chi connectivity index (χ3n) is 3.21. The van der Waals surface area contributed by atoms with Crippen molar-refractivity contribution >= 4 is 36.4 Å². The molecule has 0 spiro atoms. The number of aromatic nitrogens is 2. The Labute approximate surface area is 134 Å². The molecule has 2 N–H and O–H groups in total. The number of hydrogen-bond donors (Lipinski definition) is 2. The van der Waals surface area contributed by atoms with E-state index in [-0.39, 0.29) is 22.2 Å². The van der Waals surface area contributed by atoms with Crippen LogP contribution in [0.4, 0.5) is 0 Å². The summed E-state index contributed by atoms with van der Waals surface area (Å²) in [4.78, 5) is 15.5. The van der Waals surface area contributed by atoms with E-state index >= 15 is 0 Å². The first-order valence-corrected chi connectivity index (χ1v) is 7.96. The van der Waals surface area contributed by atoms with Gasteiger partial charge < -0.3 is 19.5 Å². The summed E-state index contributed by atoms with van der Waals surface area (Å²) in [5.74, 6) is -0.793. The lowest BCUT2D eigenvalue weighted by Crippen LogP contribution is -2.40. The molecule has 7 nitrogen and oxygen atoms in total. The largest absolute Gasteiger partial charge is 0.537 e. The smallest absolute Gasteiger partial charge is 0.534 e. The molecule has 10 heteroatoms. The Bertz CT molecular complexity index is 697. The van der Waals surface area contributed by atoms with Crippen LogP contribution in [0.25, 0.3) is 0 Å². The minimum absolute atomic E-state index is 0.0709. The van der Waals surface area contributed by atoms with E-state index in [1.54, 1.807) is 12.1 Å². The molecule has 2 aromatic rings. The van der Waals surface area contributed by atoms with Crippen molar-refractivity contribution in [2.24, 2.45) is 0 Å². The average Bonchev–Trinajstić information content (AvgIpc) is 2.99. The summed E-state index contributed by atoms with van der Waals surface area (Å²) in [6.45, 7) is 0. The number of fused-ring (bicyclic) bond motifs is 1. The molecule has 1 aromatic heterocycles. The lowest BCUT2D eigenvalue weighted by Gasteiger charge is -2.27. The summed E-state index contributed by atoms with van der Waals surface area (Å²) in [7, 11) is 0.258. The highest BCUT2D eigenvalue weighted by atomic mass is 32.2. The molecule has 22 heavy (non-hydrogen) atoms. The zero-order valence-corrected chi connectivity index (χ0v) is 13.1. The minimum Gasteiger partial charge on any atom is -0.534 e.